The Kier molecular flexibility index (Phi) is 5.46. The average molecular weight is 462 g/mol. The predicted octanol–water partition coefficient (Wildman–Crippen LogP) is 6.16. The number of aliphatic hydroxyl groups excluding tert-OH is 1. The first-order chi connectivity index (χ1) is 16.2. The van der Waals surface area contributed by atoms with Crippen LogP contribution in [0.2, 0.25) is 0 Å². The van der Waals surface area contributed by atoms with Gasteiger partial charge in [0.2, 0.25) is 0 Å². The van der Waals surface area contributed by atoms with E-state index in [4.69, 9.17) is 0 Å². The quantitative estimate of drug-likeness (QED) is 0.341. The summed E-state index contributed by atoms with van der Waals surface area (Å²) in [6.45, 7) is 6.15. The molecular formula is C28H29F2N3O. The fourth-order valence-electron chi connectivity index (χ4n) is 5.18. The van der Waals surface area contributed by atoms with Crippen LogP contribution in [-0.4, -0.2) is 33.7 Å². The monoisotopic (exact) mass is 461 g/mol. The van der Waals surface area contributed by atoms with Gasteiger partial charge in [-0.2, -0.15) is 0 Å². The second-order valence-electron chi connectivity index (χ2n) is 9.85. The van der Waals surface area contributed by atoms with Crippen LogP contribution in [0.3, 0.4) is 0 Å². The van der Waals surface area contributed by atoms with Crippen LogP contribution in [0, 0.1) is 18.6 Å². The number of aromatic amines is 1. The number of H-pyrrole nitrogens is 1. The maximum atomic E-state index is 16.4. The highest BCUT2D eigenvalue weighted by Gasteiger charge is 2.45. The van der Waals surface area contributed by atoms with Crippen LogP contribution in [0.15, 0.2) is 60.8 Å². The number of nitrogens with zero attached hydrogens (tertiary/aromatic N) is 1. The summed E-state index contributed by atoms with van der Waals surface area (Å²) in [5.41, 5.74) is 3.00. The molecule has 0 saturated heterocycles. The van der Waals surface area contributed by atoms with Crippen molar-refractivity contribution in [2.75, 3.05) is 12.4 Å². The van der Waals surface area contributed by atoms with Gasteiger partial charge in [0.05, 0.1) is 28.8 Å². The van der Waals surface area contributed by atoms with Crippen molar-refractivity contribution in [2.24, 2.45) is 0 Å². The van der Waals surface area contributed by atoms with Gasteiger partial charge in [-0.25, -0.2) is 8.78 Å². The molecule has 1 unspecified atom stereocenters. The number of halogens is 2. The fourth-order valence-corrected chi connectivity index (χ4v) is 5.18. The third-order valence-electron chi connectivity index (χ3n) is 6.99. The maximum Gasteiger partial charge on any atom is 0.141 e. The van der Waals surface area contributed by atoms with E-state index in [2.05, 4.69) is 10.3 Å². The summed E-state index contributed by atoms with van der Waals surface area (Å²) in [6, 6.07) is 16.0. The van der Waals surface area contributed by atoms with Crippen molar-refractivity contribution in [3.8, 4) is 11.1 Å². The highest BCUT2D eigenvalue weighted by Crippen LogP contribution is 2.46. The van der Waals surface area contributed by atoms with Crippen LogP contribution in [-0.2, 0) is 6.54 Å². The molecule has 6 heteroatoms. The van der Waals surface area contributed by atoms with Crippen LogP contribution < -0.4 is 5.32 Å². The van der Waals surface area contributed by atoms with Crippen LogP contribution in [0.5, 0.6) is 0 Å². The minimum absolute atomic E-state index is 0.0852. The average Bonchev–Trinajstić information content (AvgIpc) is 3.17. The standard InChI is InChI=1S/C28H29F2N3O/c1-16-14-31-25-18(16)11-8-12-19(25)22-20(29)13-21-23(24(22)30)26(27(34)28(2,3)32-21)33(4)15-17-9-6-5-7-10-17/h5-14,26-27,31-32,34H,15H2,1-4H3/t26-,27?/m0/s1. The minimum atomic E-state index is -0.926. The highest BCUT2D eigenvalue weighted by atomic mass is 19.1. The Balaban J connectivity index is 1.70. The zero-order chi connectivity index (χ0) is 24.2. The van der Waals surface area contributed by atoms with Crippen molar-refractivity contribution in [1.29, 1.82) is 0 Å². The molecule has 176 valence electrons. The van der Waals surface area contributed by atoms with Gasteiger partial charge < -0.3 is 15.4 Å². The number of aliphatic hydroxyl groups is 1. The summed E-state index contributed by atoms with van der Waals surface area (Å²) in [6.07, 6.45) is 0.914. The lowest BCUT2D eigenvalue weighted by Gasteiger charge is -2.46. The van der Waals surface area contributed by atoms with Gasteiger partial charge in [0.15, 0.2) is 0 Å². The van der Waals surface area contributed by atoms with E-state index in [9.17, 15) is 5.11 Å². The van der Waals surface area contributed by atoms with Gasteiger partial charge in [-0.1, -0.05) is 48.5 Å². The lowest BCUT2D eigenvalue weighted by Crippen LogP contribution is -2.54. The number of rotatable bonds is 4. The highest BCUT2D eigenvalue weighted by molar-refractivity contribution is 5.96. The van der Waals surface area contributed by atoms with Gasteiger partial charge in [-0.3, -0.25) is 4.90 Å². The Morgan fingerprint density at radius 1 is 1.06 bits per heavy atom. The molecule has 0 saturated carbocycles. The third-order valence-corrected chi connectivity index (χ3v) is 6.99. The Hall–Kier alpha value is -3.22. The lowest BCUT2D eigenvalue weighted by molar-refractivity contribution is 0.0134. The van der Waals surface area contributed by atoms with Gasteiger partial charge in [-0.15, -0.1) is 0 Å². The molecule has 4 aromatic rings. The van der Waals surface area contributed by atoms with E-state index in [1.165, 1.54) is 6.07 Å². The number of likely N-dealkylation sites (N-methyl/N-ethyl adjacent to an activating group) is 1. The molecule has 3 aromatic carbocycles. The van der Waals surface area contributed by atoms with E-state index in [0.717, 1.165) is 16.5 Å². The SMILES string of the molecule is Cc1c[nH]c2c(-c3c(F)cc4c(c3F)[C@H](N(C)Cc3ccccc3)C(O)C(C)(C)N4)cccc12. The topological polar surface area (TPSA) is 51.3 Å². The molecule has 4 nitrogen and oxygen atoms in total. The van der Waals surface area contributed by atoms with E-state index < -0.39 is 29.3 Å². The molecule has 0 spiro atoms. The minimum Gasteiger partial charge on any atom is -0.389 e. The number of anilines is 1. The maximum absolute atomic E-state index is 16.4. The summed E-state index contributed by atoms with van der Waals surface area (Å²) in [4.78, 5) is 5.11. The number of benzene rings is 3. The summed E-state index contributed by atoms with van der Waals surface area (Å²) < 4.78 is 31.9. The van der Waals surface area contributed by atoms with Crippen molar-refractivity contribution in [3.63, 3.8) is 0 Å². The molecule has 0 aliphatic carbocycles. The zero-order valence-corrected chi connectivity index (χ0v) is 19.8. The van der Waals surface area contributed by atoms with Crippen LogP contribution >= 0.6 is 0 Å². The first-order valence-corrected chi connectivity index (χ1v) is 11.5. The lowest BCUT2D eigenvalue weighted by atomic mass is 9.80. The first kappa shape index (κ1) is 22.6. The predicted molar refractivity (Wildman–Crippen MR) is 133 cm³/mol. The van der Waals surface area contributed by atoms with Crippen molar-refractivity contribution in [2.45, 2.75) is 45.0 Å². The molecule has 0 radical (unpaired) electrons. The normalized spacial score (nSPS) is 19.3. The van der Waals surface area contributed by atoms with Gasteiger partial charge in [0.1, 0.15) is 11.6 Å². The Morgan fingerprint density at radius 2 is 1.79 bits per heavy atom. The van der Waals surface area contributed by atoms with Crippen molar-refractivity contribution >= 4 is 16.6 Å². The first-order valence-electron chi connectivity index (χ1n) is 11.5. The van der Waals surface area contributed by atoms with E-state index in [-0.39, 0.29) is 11.1 Å². The number of hydrogen-bond acceptors (Lipinski definition) is 3. The third kappa shape index (κ3) is 3.58. The van der Waals surface area contributed by atoms with Gasteiger partial charge in [-0.05, 0) is 45.0 Å². The zero-order valence-electron chi connectivity index (χ0n) is 19.8. The second-order valence-corrected chi connectivity index (χ2v) is 9.85. The number of aryl methyl sites for hydroxylation is 1. The van der Waals surface area contributed by atoms with E-state index in [1.54, 1.807) is 6.07 Å². The van der Waals surface area contributed by atoms with Crippen molar-refractivity contribution in [1.82, 2.24) is 9.88 Å². The molecule has 0 fully saturated rings. The molecule has 2 heterocycles. The number of para-hydroxylation sites is 1. The Bertz CT molecular complexity index is 1360. The summed E-state index contributed by atoms with van der Waals surface area (Å²) in [5, 5.41) is 15.4. The fraction of sp³-hybridized carbons (Fsp3) is 0.286. The molecule has 2 atom stereocenters. The van der Waals surface area contributed by atoms with Crippen molar-refractivity contribution in [3.05, 3.63) is 89.1 Å². The number of fused-ring (bicyclic) bond motifs is 2. The molecule has 34 heavy (non-hydrogen) atoms. The van der Waals surface area contributed by atoms with Gasteiger partial charge in [0, 0.05) is 34.9 Å². The Morgan fingerprint density at radius 3 is 2.53 bits per heavy atom. The smallest absolute Gasteiger partial charge is 0.141 e. The summed E-state index contributed by atoms with van der Waals surface area (Å²) in [5.74, 6) is -1.29. The molecule has 3 N–H and O–H groups in total. The number of hydrogen-bond donors (Lipinski definition) is 3. The Labute approximate surface area is 198 Å². The van der Waals surface area contributed by atoms with E-state index in [0.29, 0.717) is 23.3 Å². The van der Waals surface area contributed by atoms with Gasteiger partial charge in [0.25, 0.3) is 0 Å². The van der Waals surface area contributed by atoms with E-state index in [1.807, 2.05) is 81.4 Å². The molecular weight excluding hydrogens is 432 g/mol. The summed E-state index contributed by atoms with van der Waals surface area (Å²) >= 11 is 0. The molecule has 1 aromatic heterocycles. The molecule has 5 rings (SSSR count). The molecule has 0 bridgehead atoms. The van der Waals surface area contributed by atoms with Crippen LogP contribution in [0.1, 0.15) is 36.6 Å². The van der Waals surface area contributed by atoms with E-state index >= 15 is 8.78 Å². The van der Waals surface area contributed by atoms with Crippen LogP contribution in [0.4, 0.5) is 14.5 Å². The molecule has 1 aliphatic rings. The second kappa shape index (κ2) is 8.22. The van der Waals surface area contributed by atoms with Crippen LogP contribution in [0.25, 0.3) is 22.0 Å². The molecule has 0 amide bonds. The number of nitrogens with one attached hydrogen (secondary N) is 2. The largest absolute Gasteiger partial charge is 0.389 e. The van der Waals surface area contributed by atoms with Crippen molar-refractivity contribution < 1.29 is 13.9 Å². The summed E-state index contributed by atoms with van der Waals surface area (Å²) in [7, 11) is 1.86. The van der Waals surface area contributed by atoms with Gasteiger partial charge >= 0.3 is 0 Å². The molecule has 1 aliphatic heterocycles. The number of aromatic nitrogens is 1.